The van der Waals surface area contributed by atoms with Crippen LogP contribution in [0.3, 0.4) is 0 Å². The Kier molecular flexibility index (Phi) is 2.62. The van der Waals surface area contributed by atoms with E-state index in [1.54, 1.807) is 24.0 Å². The van der Waals surface area contributed by atoms with Crippen LogP contribution >= 0.6 is 0 Å². The fourth-order valence-corrected chi connectivity index (χ4v) is 0.867. The highest BCUT2D eigenvalue weighted by Gasteiger charge is 2.05. The summed E-state index contributed by atoms with van der Waals surface area (Å²) in [5, 5.41) is 18.0. The number of nitrogens with one attached hydrogen (secondary N) is 1. The molecule has 0 aliphatic rings. The fourth-order valence-electron chi connectivity index (χ4n) is 0.867. The third-order valence-corrected chi connectivity index (χ3v) is 1.30. The maximum absolute atomic E-state index is 10.2. The zero-order valence-electron chi connectivity index (χ0n) is 6.64. The van der Waals surface area contributed by atoms with Crippen LogP contribution in [0, 0.1) is 0 Å². The smallest absolute Gasteiger partial charge is 0.404 e. The summed E-state index contributed by atoms with van der Waals surface area (Å²) in [6, 6.07) is -0.163. The Labute approximate surface area is 69.2 Å². The van der Waals surface area contributed by atoms with E-state index in [0.29, 0.717) is 6.54 Å². The zero-order valence-corrected chi connectivity index (χ0v) is 6.64. The Hall–Kier alpha value is -1.59. The van der Waals surface area contributed by atoms with Crippen molar-refractivity contribution in [3.05, 3.63) is 12.4 Å². The summed E-state index contributed by atoms with van der Waals surface area (Å²) in [5.74, 6) is 0. The third kappa shape index (κ3) is 2.57. The van der Waals surface area contributed by atoms with Crippen LogP contribution in [-0.4, -0.2) is 32.2 Å². The Morgan fingerprint density at radius 2 is 2.58 bits per heavy atom. The first-order chi connectivity index (χ1) is 5.68. The van der Waals surface area contributed by atoms with E-state index >= 15 is 0 Å². The van der Waals surface area contributed by atoms with Gasteiger partial charge < -0.3 is 10.4 Å². The predicted molar refractivity (Wildman–Crippen MR) is 40.6 cm³/mol. The van der Waals surface area contributed by atoms with E-state index in [0.717, 1.165) is 0 Å². The molecule has 1 atom stereocenters. The lowest BCUT2D eigenvalue weighted by molar-refractivity contribution is 0.189. The van der Waals surface area contributed by atoms with Crippen LogP contribution in [0.2, 0.25) is 0 Å². The van der Waals surface area contributed by atoms with Crippen LogP contribution in [0.4, 0.5) is 4.79 Å². The van der Waals surface area contributed by atoms with Gasteiger partial charge in [0.15, 0.2) is 0 Å². The van der Waals surface area contributed by atoms with Crippen molar-refractivity contribution in [1.29, 1.82) is 0 Å². The molecule has 0 fully saturated rings. The van der Waals surface area contributed by atoms with E-state index in [1.807, 2.05) is 0 Å². The molecule has 0 bridgehead atoms. The molecule has 6 heteroatoms. The van der Waals surface area contributed by atoms with Crippen molar-refractivity contribution < 1.29 is 9.90 Å². The lowest BCUT2D eigenvalue weighted by Gasteiger charge is -2.09. The molecule has 1 aromatic rings. The molecule has 0 saturated carbocycles. The molecule has 12 heavy (non-hydrogen) atoms. The van der Waals surface area contributed by atoms with E-state index in [-0.39, 0.29) is 6.04 Å². The van der Waals surface area contributed by atoms with E-state index in [2.05, 4.69) is 15.6 Å². The molecule has 2 N–H and O–H groups in total. The van der Waals surface area contributed by atoms with Crippen LogP contribution in [0.1, 0.15) is 6.92 Å². The highest BCUT2D eigenvalue weighted by Crippen LogP contribution is 1.87. The van der Waals surface area contributed by atoms with Crippen LogP contribution < -0.4 is 5.32 Å². The number of amides is 1. The fraction of sp³-hybridized carbons (Fsp3) is 0.500. The highest BCUT2D eigenvalue weighted by atomic mass is 16.4. The van der Waals surface area contributed by atoms with Gasteiger partial charge in [0.05, 0.1) is 12.7 Å². The van der Waals surface area contributed by atoms with Gasteiger partial charge in [0, 0.05) is 12.2 Å². The van der Waals surface area contributed by atoms with Gasteiger partial charge in [-0.05, 0) is 6.92 Å². The van der Waals surface area contributed by atoms with Gasteiger partial charge in [-0.3, -0.25) is 4.68 Å². The largest absolute Gasteiger partial charge is 0.465 e. The molecule has 0 unspecified atom stereocenters. The number of rotatable bonds is 3. The summed E-state index contributed by atoms with van der Waals surface area (Å²) in [6.07, 6.45) is 2.20. The monoisotopic (exact) mass is 170 g/mol. The molecule has 6 nitrogen and oxygen atoms in total. The molecule has 0 aliphatic carbocycles. The van der Waals surface area contributed by atoms with Crippen molar-refractivity contribution >= 4 is 6.09 Å². The minimum atomic E-state index is -1.03. The maximum atomic E-state index is 10.2. The van der Waals surface area contributed by atoms with Crippen molar-refractivity contribution in [2.75, 3.05) is 0 Å². The van der Waals surface area contributed by atoms with Crippen LogP contribution in [0.15, 0.2) is 12.4 Å². The minimum Gasteiger partial charge on any atom is -0.465 e. The molecule has 1 aromatic heterocycles. The summed E-state index contributed by atoms with van der Waals surface area (Å²) in [7, 11) is 0. The minimum absolute atomic E-state index is 0.163. The zero-order chi connectivity index (χ0) is 8.97. The van der Waals surface area contributed by atoms with Crippen molar-refractivity contribution in [3.63, 3.8) is 0 Å². The summed E-state index contributed by atoms with van der Waals surface area (Å²) in [6.45, 7) is 2.25. The Bertz CT molecular complexity index is 246. The standard InChI is InChI=1S/C6H10N4O2/c1-5(8-6(11)12)4-10-3-2-7-9-10/h2-3,5,8H,4H2,1H3,(H,11,12)/t5-/m1/s1. The van der Waals surface area contributed by atoms with Gasteiger partial charge in [0.2, 0.25) is 0 Å². The summed E-state index contributed by atoms with van der Waals surface area (Å²) in [4.78, 5) is 10.2. The average Bonchev–Trinajstić information content (AvgIpc) is 2.37. The van der Waals surface area contributed by atoms with Gasteiger partial charge in [-0.15, -0.1) is 5.10 Å². The molecular weight excluding hydrogens is 160 g/mol. The molecule has 0 aromatic carbocycles. The van der Waals surface area contributed by atoms with Crippen LogP contribution in [-0.2, 0) is 6.54 Å². The second-order valence-electron chi connectivity index (χ2n) is 2.48. The maximum Gasteiger partial charge on any atom is 0.404 e. The molecule has 0 saturated heterocycles. The summed E-state index contributed by atoms with van der Waals surface area (Å²) < 4.78 is 1.57. The number of nitrogens with zero attached hydrogens (tertiary/aromatic N) is 3. The lowest BCUT2D eigenvalue weighted by atomic mass is 10.3. The number of hydrogen-bond acceptors (Lipinski definition) is 3. The molecular formula is C6H10N4O2. The van der Waals surface area contributed by atoms with Crippen molar-refractivity contribution in [2.24, 2.45) is 0 Å². The second kappa shape index (κ2) is 3.70. The van der Waals surface area contributed by atoms with Crippen molar-refractivity contribution in [3.8, 4) is 0 Å². The third-order valence-electron chi connectivity index (χ3n) is 1.30. The van der Waals surface area contributed by atoms with E-state index < -0.39 is 6.09 Å². The highest BCUT2D eigenvalue weighted by molar-refractivity contribution is 5.64. The Morgan fingerprint density at radius 3 is 3.08 bits per heavy atom. The molecule has 0 radical (unpaired) electrons. The summed E-state index contributed by atoms with van der Waals surface area (Å²) in [5.41, 5.74) is 0. The van der Waals surface area contributed by atoms with Gasteiger partial charge in [-0.25, -0.2) is 4.79 Å². The van der Waals surface area contributed by atoms with Gasteiger partial charge >= 0.3 is 6.09 Å². The van der Waals surface area contributed by atoms with E-state index in [1.165, 1.54) is 0 Å². The van der Waals surface area contributed by atoms with Crippen LogP contribution in [0.25, 0.3) is 0 Å². The predicted octanol–water partition coefficient (Wildman–Crippen LogP) is -0.0658. The molecule has 1 heterocycles. The lowest BCUT2D eigenvalue weighted by Crippen LogP contribution is -2.34. The average molecular weight is 170 g/mol. The van der Waals surface area contributed by atoms with Crippen molar-refractivity contribution in [1.82, 2.24) is 20.3 Å². The van der Waals surface area contributed by atoms with Crippen LogP contribution in [0.5, 0.6) is 0 Å². The number of hydrogen-bond donors (Lipinski definition) is 2. The molecule has 0 spiro atoms. The van der Waals surface area contributed by atoms with Gasteiger partial charge in [0.25, 0.3) is 0 Å². The topological polar surface area (TPSA) is 80.0 Å². The summed E-state index contributed by atoms with van der Waals surface area (Å²) >= 11 is 0. The van der Waals surface area contributed by atoms with Crippen molar-refractivity contribution in [2.45, 2.75) is 19.5 Å². The van der Waals surface area contributed by atoms with Gasteiger partial charge in [-0.1, -0.05) is 5.21 Å². The number of carbonyl (C=O) groups is 1. The first kappa shape index (κ1) is 8.51. The molecule has 0 aliphatic heterocycles. The number of aromatic nitrogens is 3. The second-order valence-corrected chi connectivity index (χ2v) is 2.48. The van der Waals surface area contributed by atoms with Gasteiger partial charge in [0.1, 0.15) is 0 Å². The first-order valence-electron chi connectivity index (χ1n) is 3.52. The quantitative estimate of drug-likeness (QED) is 0.665. The van der Waals surface area contributed by atoms with E-state index in [4.69, 9.17) is 5.11 Å². The SMILES string of the molecule is C[C@H](Cn1ccnn1)NC(=O)O. The molecule has 1 amide bonds. The molecule has 1 rings (SSSR count). The normalized spacial score (nSPS) is 12.4. The number of carboxylic acid groups (broad SMARTS) is 1. The first-order valence-corrected chi connectivity index (χ1v) is 3.52. The molecule has 66 valence electrons. The van der Waals surface area contributed by atoms with E-state index in [9.17, 15) is 4.79 Å². The Morgan fingerprint density at radius 1 is 1.83 bits per heavy atom. The van der Waals surface area contributed by atoms with Gasteiger partial charge in [-0.2, -0.15) is 0 Å². The Balaban J connectivity index is 2.36.